The molecule has 1 aliphatic heterocycles. The summed E-state index contributed by atoms with van der Waals surface area (Å²) in [6.07, 6.45) is 3.41. The summed E-state index contributed by atoms with van der Waals surface area (Å²) in [5, 5.41) is 6.11. The van der Waals surface area contributed by atoms with Crippen LogP contribution in [0.15, 0.2) is 0 Å². The van der Waals surface area contributed by atoms with Gasteiger partial charge < -0.3 is 15.4 Å². The standard InChI is InChI=1S/C14H26N2O3.ClH/c1-4-10(3)13(14(18)19-5-2)16-12(17)9-11-7-6-8-15-11;/h10-11,13,15H,4-9H2,1-3H3,(H,16,17);1H. The second kappa shape index (κ2) is 10.00. The van der Waals surface area contributed by atoms with Crippen LogP contribution in [0.1, 0.15) is 46.5 Å². The van der Waals surface area contributed by atoms with Gasteiger partial charge in [0.25, 0.3) is 0 Å². The molecule has 0 spiro atoms. The van der Waals surface area contributed by atoms with E-state index in [1.807, 2.05) is 13.8 Å². The van der Waals surface area contributed by atoms with Gasteiger partial charge in [0, 0.05) is 12.5 Å². The predicted molar refractivity (Wildman–Crippen MR) is 80.9 cm³/mol. The van der Waals surface area contributed by atoms with Crippen LogP contribution >= 0.6 is 12.4 Å². The second-order valence-corrected chi connectivity index (χ2v) is 5.18. The number of amides is 1. The highest BCUT2D eigenvalue weighted by Crippen LogP contribution is 2.12. The molecule has 0 bridgehead atoms. The molecule has 3 atom stereocenters. The van der Waals surface area contributed by atoms with E-state index in [0.29, 0.717) is 13.0 Å². The molecule has 0 aromatic rings. The lowest BCUT2D eigenvalue weighted by Gasteiger charge is -2.23. The molecule has 0 aromatic carbocycles. The molecule has 3 unspecified atom stereocenters. The van der Waals surface area contributed by atoms with Gasteiger partial charge in [-0.2, -0.15) is 0 Å². The zero-order chi connectivity index (χ0) is 14.3. The fourth-order valence-electron chi connectivity index (χ4n) is 2.29. The number of nitrogens with one attached hydrogen (secondary N) is 2. The van der Waals surface area contributed by atoms with E-state index in [0.717, 1.165) is 25.8 Å². The minimum Gasteiger partial charge on any atom is -0.464 e. The molecule has 2 N–H and O–H groups in total. The molecule has 118 valence electrons. The molecule has 5 nitrogen and oxygen atoms in total. The van der Waals surface area contributed by atoms with E-state index >= 15 is 0 Å². The van der Waals surface area contributed by atoms with E-state index in [9.17, 15) is 9.59 Å². The molecule has 1 aliphatic rings. The van der Waals surface area contributed by atoms with Crippen LogP contribution in [-0.4, -0.2) is 37.1 Å². The Morgan fingerprint density at radius 3 is 2.60 bits per heavy atom. The summed E-state index contributed by atoms with van der Waals surface area (Å²) in [5.41, 5.74) is 0. The van der Waals surface area contributed by atoms with Gasteiger partial charge in [0.05, 0.1) is 6.61 Å². The summed E-state index contributed by atoms with van der Waals surface area (Å²) in [7, 11) is 0. The Hall–Kier alpha value is -0.810. The molecule has 1 saturated heterocycles. The highest BCUT2D eigenvalue weighted by atomic mass is 35.5. The van der Waals surface area contributed by atoms with Gasteiger partial charge in [-0.05, 0) is 32.2 Å². The van der Waals surface area contributed by atoms with Crippen molar-refractivity contribution in [3.8, 4) is 0 Å². The fraction of sp³-hybridized carbons (Fsp3) is 0.857. The Morgan fingerprint density at radius 1 is 1.40 bits per heavy atom. The monoisotopic (exact) mass is 306 g/mol. The van der Waals surface area contributed by atoms with E-state index in [1.54, 1.807) is 6.92 Å². The summed E-state index contributed by atoms with van der Waals surface area (Å²) in [6.45, 7) is 7.05. The van der Waals surface area contributed by atoms with E-state index in [4.69, 9.17) is 4.74 Å². The van der Waals surface area contributed by atoms with Gasteiger partial charge in [-0.1, -0.05) is 20.3 Å². The van der Waals surface area contributed by atoms with Crippen molar-refractivity contribution in [2.75, 3.05) is 13.2 Å². The van der Waals surface area contributed by atoms with Crippen molar-refractivity contribution >= 4 is 24.3 Å². The van der Waals surface area contributed by atoms with Gasteiger partial charge in [0.15, 0.2) is 0 Å². The molecule has 0 radical (unpaired) electrons. The van der Waals surface area contributed by atoms with Crippen molar-refractivity contribution in [3.05, 3.63) is 0 Å². The van der Waals surface area contributed by atoms with Crippen LogP contribution in [0.3, 0.4) is 0 Å². The fourth-order valence-corrected chi connectivity index (χ4v) is 2.29. The number of carbonyl (C=O) groups is 2. The molecule has 6 heteroatoms. The first-order valence-corrected chi connectivity index (χ1v) is 7.27. The summed E-state index contributed by atoms with van der Waals surface area (Å²) >= 11 is 0. The van der Waals surface area contributed by atoms with Crippen LogP contribution in [-0.2, 0) is 14.3 Å². The van der Waals surface area contributed by atoms with Crippen molar-refractivity contribution in [3.63, 3.8) is 0 Å². The lowest BCUT2D eigenvalue weighted by Crippen LogP contribution is -2.47. The topological polar surface area (TPSA) is 67.4 Å². The minimum absolute atomic E-state index is 0. The first-order valence-electron chi connectivity index (χ1n) is 7.27. The molecular weight excluding hydrogens is 280 g/mol. The van der Waals surface area contributed by atoms with E-state index in [2.05, 4.69) is 10.6 Å². The molecule has 20 heavy (non-hydrogen) atoms. The molecule has 0 aliphatic carbocycles. The van der Waals surface area contributed by atoms with Crippen molar-refractivity contribution < 1.29 is 14.3 Å². The van der Waals surface area contributed by atoms with Gasteiger partial charge in [-0.25, -0.2) is 4.79 Å². The molecule has 1 fully saturated rings. The van der Waals surface area contributed by atoms with Gasteiger partial charge in [0.2, 0.25) is 5.91 Å². The van der Waals surface area contributed by atoms with Crippen LogP contribution in [0.25, 0.3) is 0 Å². The van der Waals surface area contributed by atoms with Gasteiger partial charge in [-0.3, -0.25) is 4.79 Å². The van der Waals surface area contributed by atoms with E-state index in [1.165, 1.54) is 0 Å². The molecule has 1 heterocycles. The molecule has 0 saturated carbocycles. The largest absolute Gasteiger partial charge is 0.464 e. The Kier molecular flexibility index (Phi) is 9.59. The maximum Gasteiger partial charge on any atom is 0.328 e. The Labute approximate surface area is 127 Å². The molecular formula is C14H27ClN2O3. The van der Waals surface area contributed by atoms with Crippen LogP contribution in [0.5, 0.6) is 0 Å². The SMILES string of the molecule is CCOC(=O)C(NC(=O)CC1CCCN1)C(C)CC.Cl. The average molecular weight is 307 g/mol. The Bertz CT molecular complexity index is 307. The van der Waals surface area contributed by atoms with Crippen molar-refractivity contribution in [1.82, 2.24) is 10.6 Å². The van der Waals surface area contributed by atoms with Crippen molar-refractivity contribution in [1.29, 1.82) is 0 Å². The third-order valence-electron chi connectivity index (χ3n) is 3.66. The summed E-state index contributed by atoms with van der Waals surface area (Å²) < 4.78 is 5.03. The van der Waals surface area contributed by atoms with Crippen molar-refractivity contribution in [2.24, 2.45) is 5.92 Å². The maximum absolute atomic E-state index is 12.0. The van der Waals surface area contributed by atoms with E-state index in [-0.39, 0.29) is 36.2 Å². The third-order valence-corrected chi connectivity index (χ3v) is 3.66. The van der Waals surface area contributed by atoms with Crippen molar-refractivity contribution in [2.45, 2.75) is 58.5 Å². The summed E-state index contributed by atoms with van der Waals surface area (Å²) in [5.74, 6) is -0.318. The molecule has 1 amide bonds. The lowest BCUT2D eigenvalue weighted by atomic mass is 9.98. The zero-order valence-electron chi connectivity index (χ0n) is 12.6. The van der Waals surface area contributed by atoms with Gasteiger partial charge in [-0.15, -0.1) is 12.4 Å². The number of ether oxygens (including phenoxy) is 1. The number of hydrogen-bond donors (Lipinski definition) is 2. The second-order valence-electron chi connectivity index (χ2n) is 5.18. The lowest BCUT2D eigenvalue weighted by molar-refractivity contribution is -0.149. The minimum atomic E-state index is -0.529. The van der Waals surface area contributed by atoms with E-state index < -0.39 is 6.04 Å². The quantitative estimate of drug-likeness (QED) is 0.702. The first-order chi connectivity index (χ1) is 9.08. The van der Waals surface area contributed by atoms with Gasteiger partial charge in [0.1, 0.15) is 6.04 Å². The zero-order valence-corrected chi connectivity index (χ0v) is 13.4. The van der Waals surface area contributed by atoms with Crippen LogP contribution < -0.4 is 10.6 Å². The highest BCUT2D eigenvalue weighted by molar-refractivity contribution is 5.85. The normalized spacial score (nSPS) is 20.6. The first kappa shape index (κ1) is 19.2. The molecule has 0 aromatic heterocycles. The van der Waals surface area contributed by atoms with Crippen LogP contribution in [0.2, 0.25) is 0 Å². The van der Waals surface area contributed by atoms with Crippen LogP contribution in [0, 0.1) is 5.92 Å². The average Bonchev–Trinajstić information content (AvgIpc) is 2.88. The van der Waals surface area contributed by atoms with Gasteiger partial charge >= 0.3 is 5.97 Å². The number of halogens is 1. The maximum atomic E-state index is 12.0. The Morgan fingerprint density at radius 2 is 2.10 bits per heavy atom. The number of hydrogen-bond acceptors (Lipinski definition) is 4. The molecule has 1 rings (SSSR count). The summed E-state index contributed by atoms with van der Waals surface area (Å²) in [4.78, 5) is 23.8. The third kappa shape index (κ3) is 6.09. The smallest absolute Gasteiger partial charge is 0.328 e. The highest BCUT2D eigenvalue weighted by Gasteiger charge is 2.28. The van der Waals surface area contributed by atoms with Crippen LogP contribution in [0.4, 0.5) is 0 Å². The Balaban J connectivity index is 0.00000361. The number of carbonyl (C=O) groups excluding carboxylic acids is 2. The number of rotatable bonds is 7. The number of esters is 1. The summed E-state index contributed by atoms with van der Waals surface area (Å²) in [6, 6.07) is -0.279. The predicted octanol–water partition coefficient (Wildman–Crippen LogP) is 1.64.